The number of ether oxygens (including phenoxy) is 4. The Morgan fingerprint density at radius 1 is 0.893 bits per heavy atom. The number of esters is 4. The van der Waals surface area contributed by atoms with E-state index in [1.807, 2.05) is 0 Å². The Balaban J connectivity index is 3.29. The van der Waals surface area contributed by atoms with Crippen LogP contribution in [0.1, 0.15) is 44.0 Å². The molecule has 8 nitrogen and oxygen atoms in total. The molecule has 0 aliphatic heterocycles. The second-order valence-corrected chi connectivity index (χ2v) is 6.01. The van der Waals surface area contributed by atoms with E-state index in [4.69, 9.17) is 30.5 Å². The molecule has 0 N–H and O–H groups in total. The highest BCUT2D eigenvalue weighted by Crippen LogP contribution is 2.27. The van der Waals surface area contributed by atoms with Gasteiger partial charge in [0, 0.05) is 5.02 Å². The van der Waals surface area contributed by atoms with Gasteiger partial charge in [-0.1, -0.05) is 17.7 Å². The van der Waals surface area contributed by atoms with Gasteiger partial charge >= 0.3 is 23.9 Å². The third-order valence-electron chi connectivity index (χ3n) is 3.47. The lowest BCUT2D eigenvalue weighted by Crippen LogP contribution is -2.48. The molecule has 28 heavy (non-hydrogen) atoms. The maximum absolute atomic E-state index is 12.6. The highest BCUT2D eigenvalue weighted by molar-refractivity contribution is 6.30. The zero-order valence-corrected chi connectivity index (χ0v) is 16.7. The molecule has 0 bridgehead atoms. The first-order valence-corrected chi connectivity index (χ1v) is 9.13. The summed E-state index contributed by atoms with van der Waals surface area (Å²) < 4.78 is 20.0. The second-order valence-electron chi connectivity index (χ2n) is 5.58. The molecule has 0 saturated carbocycles. The fourth-order valence-electron chi connectivity index (χ4n) is 2.33. The molecule has 0 radical (unpaired) electrons. The van der Waals surface area contributed by atoms with Crippen LogP contribution in [0.4, 0.5) is 0 Å². The Morgan fingerprint density at radius 2 is 1.43 bits per heavy atom. The monoisotopic (exact) mass is 414 g/mol. The topological polar surface area (TPSA) is 105 Å². The summed E-state index contributed by atoms with van der Waals surface area (Å²) in [5.41, 5.74) is -2.19. The van der Waals surface area contributed by atoms with Gasteiger partial charge < -0.3 is 18.9 Å². The smallest absolute Gasteiger partial charge is 0.351 e. The van der Waals surface area contributed by atoms with Crippen molar-refractivity contribution in [2.75, 3.05) is 19.8 Å². The van der Waals surface area contributed by atoms with Crippen molar-refractivity contribution >= 4 is 35.5 Å². The fourth-order valence-corrected chi connectivity index (χ4v) is 2.52. The van der Waals surface area contributed by atoms with E-state index in [1.165, 1.54) is 25.1 Å². The molecule has 1 aromatic rings. The molecule has 0 spiro atoms. The predicted molar refractivity (Wildman–Crippen MR) is 98.7 cm³/mol. The largest absolute Gasteiger partial charge is 0.466 e. The number of hydrogen-bond acceptors (Lipinski definition) is 8. The van der Waals surface area contributed by atoms with Gasteiger partial charge in [0.15, 0.2) is 0 Å². The van der Waals surface area contributed by atoms with E-state index in [0.717, 1.165) is 0 Å². The van der Waals surface area contributed by atoms with Gasteiger partial charge in [0.1, 0.15) is 0 Å². The average molecular weight is 415 g/mol. The lowest BCUT2D eigenvalue weighted by Gasteiger charge is -2.29. The zero-order valence-electron chi connectivity index (χ0n) is 16.0. The fraction of sp³-hybridized carbons (Fsp3) is 0.474. The molecule has 0 saturated heterocycles. The van der Waals surface area contributed by atoms with Crippen LogP contribution in [-0.4, -0.2) is 49.3 Å². The Bertz CT molecular complexity index is 696. The van der Waals surface area contributed by atoms with E-state index in [1.54, 1.807) is 19.9 Å². The highest BCUT2D eigenvalue weighted by Gasteiger charge is 2.49. The quantitative estimate of drug-likeness (QED) is 0.425. The maximum atomic E-state index is 12.6. The molecule has 0 heterocycles. The van der Waals surface area contributed by atoms with Crippen LogP contribution in [0.15, 0.2) is 24.3 Å². The van der Waals surface area contributed by atoms with Crippen molar-refractivity contribution in [1.29, 1.82) is 0 Å². The Kier molecular flexibility index (Phi) is 9.44. The summed E-state index contributed by atoms with van der Waals surface area (Å²) in [6, 6.07) is 5.81. The molecule has 0 amide bonds. The first-order valence-electron chi connectivity index (χ1n) is 8.75. The van der Waals surface area contributed by atoms with Gasteiger partial charge in [-0.15, -0.1) is 0 Å². The van der Waals surface area contributed by atoms with Crippen molar-refractivity contribution in [3.05, 3.63) is 34.9 Å². The molecule has 0 aliphatic rings. The third kappa shape index (κ3) is 6.84. The molecular formula is C19H23ClO8. The molecule has 154 valence electrons. The van der Waals surface area contributed by atoms with Crippen molar-refractivity contribution in [2.24, 2.45) is 0 Å². The van der Waals surface area contributed by atoms with Gasteiger partial charge in [0.05, 0.1) is 38.2 Å². The minimum Gasteiger partial charge on any atom is -0.466 e. The summed E-state index contributed by atoms with van der Waals surface area (Å²) in [5.74, 6) is -3.67. The van der Waals surface area contributed by atoms with Crippen LogP contribution in [-0.2, 0) is 33.3 Å². The van der Waals surface area contributed by atoms with Crippen LogP contribution in [0.25, 0.3) is 0 Å². The van der Waals surface area contributed by atoms with Gasteiger partial charge in [-0.2, -0.15) is 0 Å². The van der Waals surface area contributed by atoms with Crippen molar-refractivity contribution in [1.82, 2.24) is 0 Å². The summed E-state index contributed by atoms with van der Waals surface area (Å²) >= 11 is 5.88. The van der Waals surface area contributed by atoms with E-state index in [9.17, 15) is 19.2 Å². The van der Waals surface area contributed by atoms with Crippen LogP contribution < -0.4 is 0 Å². The van der Waals surface area contributed by atoms with Crippen molar-refractivity contribution in [3.8, 4) is 0 Å². The van der Waals surface area contributed by atoms with Gasteiger partial charge in [-0.3, -0.25) is 9.59 Å². The van der Waals surface area contributed by atoms with Crippen molar-refractivity contribution < 1.29 is 38.1 Å². The SMILES string of the molecule is CCOC(=O)CC(CC(=O)OCC)(OC(=O)c1cccc(Cl)c1)C(=O)OCC. The number of carbonyl (C=O) groups excluding carboxylic acids is 4. The molecule has 0 aromatic heterocycles. The number of carbonyl (C=O) groups is 4. The third-order valence-corrected chi connectivity index (χ3v) is 3.70. The zero-order chi connectivity index (χ0) is 21.2. The first kappa shape index (κ1) is 23.4. The Morgan fingerprint density at radius 3 is 1.89 bits per heavy atom. The molecule has 1 aromatic carbocycles. The normalized spacial score (nSPS) is 10.7. The van der Waals surface area contributed by atoms with Crippen molar-refractivity contribution in [3.63, 3.8) is 0 Å². The van der Waals surface area contributed by atoms with Gasteiger partial charge in [0.25, 0.3) is 0 Å². The standard InChI is InChI=1S/C19H23ClO8/c1-4-25-15(21)11-19(18(24)27-6-3,12-16(22)26-5-2)28-17(23)13-8-7-9-14(20)10-13/h7-10H,4-6,11-12H2,1-3H3. The molecule has 0 aliphatic carbocycles. The highest BCUT2D eigenvalue weighted by atomic mass is 35.5. The van der Waals surface area contributed by atoms with Crippen LogP contribution in [0.3, 0.4) is 0 Å². The van der Waals surface area contributed by atoms with E-state index in [0.29, 0.717) is 0 Å². The number of halogens is 1. The van der Waals surface area contributed by atoms with Crippen LogP contribution in [0, 0.1) is 0 Å². The summed E-state index contributed by atoms with van der Waals surface area (Å²) in [5, 5.41) is 0.270. The summed E-state index contributed by atoms with van der Waals surface area (Å²) in [6.07, 6.45) is -1.41. The summed E-state index contributed by atoms with van der Waals surface area (Å²) in [4.78, 5) is 49.4. The Hall–Kier alpha value is -2.61. The van der Waals surface area contributed by atoms with Crippen molar-refractivity contribution in [2.45, 2.75) is 39.2 Å². The molecular weight excluding hydrogens is 392 g/mol. The first-order chi connectivity index (χ1) is 13.3. The van der Waals surface area contributed by atoms with Gasteiger partial charge in [-0.25, -0.2) is 9.59 Å². The second kappa shape index (κ2) is 11.3. The van der Waals surface area contributed by atoms with E-state index < -0.39 is 42.3 Å². The molecule has 9 heteroatoms. The number of rotatable bonds is 10. The van der Waals surface area contributed by atoms with E-state index >= 15 is 0 Å². The minimum atomic E-state index is -2.23. The summed E-state index contributed by atoms with van der Waals surface area (Å²) in [6.45, 7) is 4.72. The molecule has 0 unspecified atom stereocenters. The lowest BCUT2D eigenvalue weighted by molar-refractivity contribution is -0.177. The van der Waals surface area contributed by atoms with E-state index in [2.05, 4.69) is 0 Å². The molecule has 0 atom stereocenters. The average Bonchev–Trinajstić information content (AvgIpc) is 2.62. The molecule has 0 fully saturated rings. The number of hydrogen-bond donors (Lipinski definition) is 0. The maximum Gasteiger partial charge on any atom is 0.351 e. The lowest BCUT2D eigenvalue weighted by atomic mass is 9.94. The van der Waals surface area contributed by atoms with Crippen LogP contribution in [0.5, 0.6) is 0 Å². The van der Waals surface area contributed by atoms with Crippen LogP contribution in [0.2, 0.25) is 5.02 Å². The summed E-state index contributed by atoms with van der Waals surface area (Å²) in [7, 11) is 0. The van der Waals surface area contributed by atoms with E-state index in [-0.39, 0.29) is 30.4 Å². The number of benzene rings is 1. The van der Waals surface area contributed by atoms with Gasteiger partial charge in [0.2, 0.25) is 5.60 Å². The molecule has 1 rings (SSSR count). The van der Waals surface area contributed by atoms with Crippen LogP contribution >= 0.6 is 11.6 Å². The van der Waals surface area contributed by atoms with Gasteiger partial charge in [-0.05, 0) is 39.0 Å². The Labute approximate surface area is 168 Å². The predicted octanol–water partition coefficient (Wildman–Crippen LogP) is 2.71. The minimum absolute atomic E-state index is 0.0360.